The first-order valence-electron chi connectivity index (χ1n) is 39.6. The fourth-order valence-electron chi connectivity index (χ4n) is 13.5. The highest BCUT2D eigenvalue weighted by Gasteiger charge is 2.28. The summed E-state index contributed by atoms with van der Waals surface area (Å²) in [5.74, 6) is 3.67. The van der Waals surface area contributed by atoms with Crippen molar-refractivity contribution in [3.63, 3.8) is 0 Å². The van der Waals surface area contributed by atoms with Crippen molar-refractivity contribution in [2.75, 3.05) is 47.3 Å². The lowest BCUT2D eigenvalue weighted by atomic mass is 9.99. The van der Waals surface area contributed by atoms with Gasteiger partial charge in [-0.1, -0.05) is 60.7 Å². The quantitative estimate of drug-likeness (QED) is 0.0603. The zero-order valence-corrected chi connectivity index (χ0v) is 72.3. The molecule has 5 aliphatic rings. The van der Waals surface area contributed by atoms with Gasteiger partial charge in [0, 0.05) is 114 Å². The van der Waals surface area contributed by atoms with E-state index in [1.165, 1.54) is 69.2 Å². The molecule has 0 amide bonds. The summed E-state index contributed by atoms with van der Waals surface area (Å²) in [5, 5.41) is 0. The lowest BCUT2D eigenvalue weighted by Crippen LogP contribution is -2.12. The first-order valence-corrected chi connectivity index (χ1v) is 39.6. The zero-order valence-electron chi connectivity index (χ0n) is 72.3. The van der Waals surface area contributed by atoms with Gasteiger partial charge in [0.25, 0.3) is 0 Å². The van der Waals surface area contributed by atoms with E-state index < -0.39 is 23.9 Å². The van der Waals surface area contributed by atoms with Gasteiger partial charge in [0.2, 0.25) is 11.5 Å². The molecular formula is C100H90O27. The van der Waals surface area contributed by atoms with Crippen LogP contribution in [-0.2, 0) is 47.9 Å². The molecule has 0 bridgehead atoms. The average Bonchev–Trinajstić information content (AvgIpc) is 0.834. The molecule has 5 aliphatic heterocycles. The van der Waals surface area contributed by atoms with Crippen molar-refractivity contribution in [2.45, 2.75) is 90.0 Å². The van der Waals surface area contributed by atoms with E-state index in [1.807, 2.05) is 154 Å². The summed E-state index contributed by atoms with van der Waals surface area (Å²) in [5.41, 5.74) is 16.5. The highest BCUT2D eigenvalue weighted by molar-refractivity contribution is 5.93. The molecule has 0 saturated heterocycles. The number of hydrogen-bond donors (Lipinski definition) is 0. The monoisotopic (exact) mass is 1720 g/mol. The summed E-state index contributed by atoms with van der Waals surface area (Å²) in [6.45, 7) is 20.7. The van der Waals surface area contributed by atoms with Gasteiger partial charge >= 0.3 is 59.7 Å². The van der Waals surface area contributed by atoms with E-state index in [0.717, 1.165) is 118 Å². The molecule has 0 aliphatic carbocycles. The predicted molar refractivity (Wildman–Crippen MR) is 472 cm³/mol. The molecule has 27 heteroatoms. The van der Waals surface area contributed by atoms with E-state index in [2.05, 4.69) is 6.08 Å². The highest BCUT2D eigenvalue weighted by atomic mass is 16.6. The third-order valence-electron chi connectivity index (χ3n) is 19.0. The largest absolute Gasteiger partial charge is 0.497 e. The second-order valence-corrected chi connectivity index (χ2v) is 28.7. The van der Waals surface area contributed by atoms with Gasteiger partial charge in [0.05, 0.1) is 14.2 Å². The van der Waals surface area contributed by atoms with Gasteiger partial charge in [0.15, 0.2) is 23.0 Å². The standard InChI is InChI=1S/C21H18O7.C20H18O6.2C20H18O5.C19H18O4/c1-12(22)26-18-7-4-15(5-8-18)17-10-16-6-9-19(27-13(2)23)21(28-14(3)24)20(16)25-11-17;1-12(21)25-18-9-6-15-10-16(14-4-7-17(23-3)8-5-14)11-24-19(15)20(18)26-13(2)22;1-12-19(25-14(3)22)9-6-16-10-17(11-23-20(12)16)15-4-7-18(8-5-15)24-13(2)21;1-12-19(25-14(3)22)8-7-16-9-17(11-23-20(12)16)15-5-4-6-18(10-15)24-13(2)21;1-12-18(23-13(2)20)9-6-15-10-16(11-22-19(12)15)14-4-7-17(21-3)8-5-14/h4-10H,11H2,1-3H3;4-10H,11H2,1-3H3;2*4-10H,11H2,1-3H3;4-10H,11H2,1-3H3. The highest BCUT2D eigenvalue weighted by Crippen LogP contribution is 2.48. The van der Waals surface area contributed by atoms with E-state index in [4.69, 9.17) is 80.5 Å². The Morgan fingerprint density at radius 2 is 0.457 bits per heavy atom. The molecule has 0 aromatic heterocycles. The van der Waals surface area contributed by atoms with Crippen LogP contribution in [-0.4, -0.2) is 107 Å². The molecular weight excluding hydrogens is 1630 g/mol. The minimum Gasteiger partial charge on any atom is -0.497 e. The van der Waals surface area contributed by atoms with E-state index >= 15 is 0 Å². The zero-order chi connectivity index (χ0) is 91.3. The third kappa shape index (κ3) is 24.8. The summed E-state index contributed by atoms with van der Waals surface area (Å²) in [4.78, 5) is 112. The fourth-order valence-corrected chi connectivity index (χ4v) is 13.5. The lowest BCUT2D eigenvalue weighted by Gasteiger charge is -2.22. The molecule has 0 N–H and O–H groups in total. The lowest BCUT2D eigenvalue weighted by molar-refractivity contribution is -0.134. The molecule has 0 spiro atoms. The smallest absolute Gasteiger partial charge is 0.308 e. The maximum Gasteiger partial charge on any atom is 0.308 e. The molecule has 0 radical (unpaired) electrons. The van der Waals surface area contributed by atoms with Gasteiger partial charge < -0.3 is 80.5 Å². The van der Waals surface area contributed by atoms with Gasteiger partial charge in [0.1, 0.15) is 96.3 Å². The van der Waals surface area contributed by atoms with Crippen molar-refractivity contribution in [3.05, 3.63) is 254 Å². The minimum atomic E-state index is -0.554. The van der Waals surface area contributed by atoms with Crippen molar-refractivity contribution in [2.24, 2.45) is 0 Å². The van der Waals surface area contributed by atoms with Crippen molar-refractivity contribution in [3.8, 4) is 97.7 Å². The maximum absolute atomic E-state index is 11.5. The summed E-state index contributed by atoms with van der Waals surface area (Å²) in [6, 6.07) is 54.7. The minimum absolute atomic E-state index is 0.0701. The van der Waals surface area contributed by atoms with Crippen LogP contribution < -0.4 is 80.5 Å². The van der Waals surface area contributed by atoms with Crippen LogP contribution in [0.15, 0.2) is 182 Å². The van der Waals surface area contributed by atoms with Gasteiger partial charge in [-0.15, -0.1) is 0 Å². The first kappa shape index (κ1) is 91.9. The molecule has 127 heavy (non-hydrogen) atoms. The Morgan fingerprint density at radius 3 is 0.724 bits per heavy atom. The SMILES string of the molecule is CC(=O)Oc1ccc(C2=Cc3ccc(OC(C)=O)c(C)c3OC2)cc1.CC(=O)Oc1ccc(C2=Cc3ccc(OC(C)=O)c(OC(C)=O)c3OC2)cc1.CC(=O)Oc1cccc(C2=Cc3ccc(OC(C)=O)c(C)c3OC2)c1.COc1ccc(C2=Cc3ccc(OC(C)=O)c(C)c3OC2)cc1.COc1ccc(C2=Cc3ccc(OC(C)=O)c(OC(C)=O)c3OC2)cc1. The Morgan fingerprint density at radius 1 is 0.228 bits per heavy atom. The number of esters is 10. The van der Waals surface area contributed by atoms with Crippen LogP contribution >= 0.6 is 0 Å². The Kier molecular flexibility index (Phi) is 30.6. The van der Waals surface area contributed by atoms with E-state index in [-0.39, 0.29) is 72.0 Å². The Hall–Kier alpha value is -15.8. The summed E-state index contributed by atoms with van der Waals surface area (Å²) in [6.07, 6.45) is 10.0. The number of rotatable bonds is 17. The van der Waals surface area contributed by atoms with Crippen molar-refractivity contribution in [1.82, 2.24) is 0 Å². The Balaban J connectivity index is 0.000000154. The molecule has 0 atom stereocenters. The van der Waals surface area contributed by atoms with Crippen LogP contribution in [0.1, 0.15) is 142 Å². The number of carbonyl (C=O) groups excluding carboxylic acids is 10. The molecule has 10 aromatic carbocycles. The van der Waals surface area contributed by atoms with Gasteiger partial charge in [-0.05, 0) is 228 Å². The van der Waals surface area contributed by atoms with Crippen LogP contribution in [0.3, 0.4) is 0 Å². The average molecular weight is 1720 g/mol. The van der Waals surface area contributed by atoms with Crippen molar-refractivity contribution in [1.29, 1.82) is 0 Å². The molecule has 0 fully saturated rings. The number of benzene rings is 10. The maximum atomic E-state index is 11.5. The number of carbonyl (C=O) groups is 10. The molecule has 27 nitrogen and oxygen atoms in total. The van der Waals surface area contributed by atoms with Crippen molar-refractivity contribution < 1.29 is 128 Å². The van der Waals surface area contributed by atoms with Gasteiger partial charge in [-0.2, -0.15) is 0 Å². The van der Waals surface area contributed by atoms with Crippen LogP contribution in [0, 0.1) is 20.8 Å². The molecule has 10 aromatic rings. The number of fused-ring (bicyclic) bond motifs is 5. The Bertz CT molecular complexity index is 6080. The topological polar surface area (TPSA) is 328 Å². The van der Waals surface area contributed by atoms with E-state index in [1.54, 1.807) is 87.0 Å². The van der Waals surface area contributed by atoms with Crippen LogP contribution in [0.4, 0.5) is 0 Å². The van der Waals surface area contributed by atoms with Gasteiger partial charge in [-0.25, -0.2) is 0 Å². The van der Waals surface area contributed by atoms with E-state index in [9.17, 15) is 47.9 Å². The van der Waals surface area contributed by atoms with Crippen molar-refractivity contribution >= 4 is 118 Å². The second-order valence-electron chi connectivity index (χ2n) is 28.7. The fraction of sp³-hybridized carbons (Fsp3) is 0.200. The van der Waals surface area contributed by atoms with Crippen LogP contribution in [0.2, 0.25) is 0 Å². The molecule has 5 heterocycles. The normalized spacial score (nSPS) is 12.4. The number of methoxy groups -OCH3 is 2. The van der Waals surface area contributed by atoms with Crippen LogP contribution in [0.25, 0.3) is 58.2 Å². The predicted octanol–water partition coefficient (Wildman–Crippen LogP) is 18.3. The molecule has 15 rings (SSSR count). The van der Waals surface area contributed by atoms with Gasteiger partial charge in [-0.3, -0.25) is 47.9 Å². The molecule has 652 valence electrons. The summed E-state index contributed by atoms with van der Waals surface area (Å²) >= 11 is 0. The second kappa shape index (κ2) is 42.3. The van der Waals surface area contributed by atoms with Crippen LogP contribution in [0.5, 0.6) is 97.7 Å². The molecule has 0 saturated carbocycles. The first-order chi connectivity index (χ1) is 60.8. The molecule has 0 unspecified atom stereocenters. The summed E-state index contributed by atoms with van der Waals surface area (Å²) < 4.78 is 91.2. The third-order valence-corrected chi connectivity index (χ3v) is 19.0. The van der Waals surface area contributed by atoms with E-state index in [0.29, 0.717) is 77.1 Å². The Labute approximate surface area is 732 Å². The number of hydrogen-bond acceptors (Lipinski definition) is 27. The number of ether oxygens (including phenoxy) is 17. The summed E-state index contributed by atoms with van der Waals surface area (Å²) in [7, 11) is 3.27.